The van der Waals surface area contributed by atoms with Crippen molar-refractivity contribution in [1.29, 1.82) is 0 Å². The lowest BCUT2D eigenvalue weighted by Gasteiger charge is -2.02. The van der Waals surface area contributed by atoms with E-state index in [1.54, 1.807) is 0 Å². The molecule has 0 atom stereocenters. The molecule has 0 amide bonds. The van der Waals surface area contributed by atoms with Gasteiger partial charge in [-0.3, -0.25) is 4.98 Å². The van der Waals surface area contributed by atoms with Crippen LogP contribution in [0, 0.1) is 0 Å². The van der Waals surface area contributed by atoms with Crippen LogP contribution < -0.4 is 5.32 Å². The Kier molecular flexibility index (Phi) is 5.71. The van der Waals surface area contributed by atoms with Gasteiger partial charge in [0, 0.05) is 19.3 Å². The Morgan fingerprint density at radius 1 is 1.47 bits per heavy atom. The first kappa shape index (κ1) is 11.9. The predicted molar refractivity (Wildman–Crippen MR) is 64.6 cm³/mol. The van der Waals surface area contributed by atoms with Crippen LogP contribution in [0.2, 0.25) is 0 Å². The third-order valence-corrected chi connectivity index (χ3v) is 2.27. The van der Waals surface area contributed by atoms with Gasteiger partial charge in [-0.05, 0) is 25.5 Å². The molecular formula is C13H20N2. The second kappa shape index (κ2) is 7.18. The van der Waals surface area contributed by atoms with Crippen molar-refractivity contribution < 1.29 is 0 Å². The van der Waals surface area contributed by atoms with Gasteiger partial charge in [-0.25, -0.2) is 0 Å². The number of allylic oxidation sites excluding steroid dienone is 1. The highest BCUT2D eigenvalue weighted by atomic mass is 14.9. The first-order valence-corrected chi connectivity index (χ1v) is 5.59. The van der Waals surface area contributed by atoms with Crippen molar-refractivity contribution in [2.75, 3.05) is 6.54 Å². The van der Waals surface area contributed by atoms with Gasteiger partial charge >= 0.3 is 0 Å². The van der Waals surface area contributed by atoms with Crippen LogP contribution in [0.15, 0.2) is 36.0 Å². The molecule has 15 heavy (non-hydrogen) atoms. The smallest absolute Gasteiger partial charge is 0.0541 e. The number of aromatic nitrogens is 1. The average Bonchev–Trinajstić information content (AvgIpc) is 2.26. The van der Waals surface area contributed by atoms with E-state index in [0.29, 0.717) is 0 Å². The molecule has 0 aliphatic carbocycles. The Morgan fingerprint density at radius 2 is 2.33 bits per heavy atom. The molecule has 0 radical (unpaired) electrons. The molecule has 0 unspecified atom stereocenters. The quantitative estimate of drug-likeness (QED) is 0.569. The van der Waals surface area contributed by atoms with Crippen molar-refractivity contribution >= 4 is 0 Å². The molecule has 1 aromatic rings. The molecule has 0 spiro atoms. The normalized spacial score (nSPS) is 11.7. The highest BCUT2D eigenvalue weighted by Gasteiger charge is 1.91. The Labute approximate surface area is 92.4 Å². The van der Waals surface area contributed by atoms with E-state index in [-0.39, 0.29) is 0 Å². The standard InChI is InChI=1S/C13H20N2/c1-3-6-12(2)8-10-14-11-13-7-4-5-9-15-13/h4-5,7-9,14H,3,6,10-11H2,1-2H3. The molecule has 0 aromatic carbocycles. The zero-order valence-corrected chi connectivity index (χ0v) is 9.66. The summed E-state index contributed by atoms with van der Waals surface area (Å²) in [6, 6.07) is 5.99. The van der Waals surface area contributed by atoms with E-state index < -0.39 is 0 Å². The largest absolute Gasteiger partial charge is 0.308 e. The summed E-state index contributed by atoms with van der Waals surface area (Å²) >= 11 is 0. The molecule has 1 rings (SSSR count). The first-order valence-electron chi connectivity index (χ1n) is 5.59. The topological polar surface area (TPSA) is 24.9 Å². The fourth-order valence-corrected chi connectivity index (χ4v) is 1.45. The molecule has 1 N–H and O–H groups in total. The maximum absolute atomic E-state index is 4.25. The lowest BCUT2D eigenvalue weighted by Crippen LogP contribution is -2.14. The second-order valence-electron chi connectivity index (χ2n) is 3.75. The summed E-state index contributed by atoms with van der Waals surface area (Å²) < 4.78 is 0. The molecule has 0 aliphatic rings. The summed E-state index contributed by atoms with van der Waals surface area (Å²) in [5.41, 5.74) is 2.56. The summed E-state index contributed by atoms with van der Waals surface area (Å²) in [5, 5.41) is 3.35. The van der Waals surface area contributed by atoms with Gasteiger partial charge in [0.15, 0.2) is 0 Å². The third kappa shape index (κ3) is 5.33. The van der Waals surface area contributed by atoms with Gasteiger partial charge in [-0.2, -0.15) is 0 Å². The third-order valence-electron chi connectivity index (χ3n) is 2.27. The van der Waals surface area contributed by atoms with Crippen LogP contribution in [0.4, 0.5) is 0 Å². The Bertz CT molecular complexity index is 291. The van der Waals surface area contributed by atoms with Crippen molar-refractivity contribution in [3.05, 3.63) is 41.7 Å². The van der Waals surface area contributed by atoms with Crippen LogP contribution in [0.1, 0.15) is 32.4 Å². The van der Waals surface area contributed by atoms with Crippen molar-refractivity contribution in [3.8, 4) is 0 Å². The predicted octanol–water partition coefficient (Wildman–Crippen LogP) is 2.92. The minimum atomic E-state index is 0.844. The van der Waals surface area contributed by atoms with Gasteiger partial charge in [0.05, 0.1) is 5.69 Å². The van der Waals surface area contributed by atoms with Crippen molar-refractivity contribution in [1.82, 2.24) is 10.3 Å². The van der Waals surface area contributed by atoms with E-state index in [1.807, 2.05) is 24.4 Å². The van der Waals surface area contributed by atoms with Gasteiger partial charge in [-0.1, -0.05) is 31.1 Å². The molecule has 1 heterocycles. The molecular weight excluding hydrogens is 184 g/mol. The number of pyridine rings is 1. The SMILES string of the molecule is CCCC(C)=CCNCc1ccccn1. The van der Waals surface area contributed by atoms with Crippen LogP contribution in [0.25, 0.3) is 0 Å². The number of hydrogen-bond donors (Lipinski definition) is 1. The maximum atomic E-state index is 4.25. The molecule has 2 nitrogen and oxygen atoms in total. The fourth-order valence-electron chi connectivity index (χ4n) is 1.45. The molecule has 0 saturated carbocycles. The number of nitrogens with zero attached hydrogens (tertiary/aromatic N) is 1. The van der Waals surface area contributed by atoms with Gasteiger partial charge in [0.25, 0.3) is 0 Å². The molecule has 2 heteroatoms. The summed E-state index contributed by atoms with van der Waals surface area (Å²) in [6.07, 6.45) is 6.51. The Morgan fingerprint density at radius 3 is 3.00 bits per heavy atom. The molecule has 0 fully saturated rings. The number of hydrogen-bond acceptors (Lipinski definition) is 2. The Balaban J connectivity index is 2.20. The second-order valence-corrected chi connectivity index (χ2v) is 3.75. The molecule has 1 aromatic heterocycles. The van der Waals surface area contributed by atoms with Crippen LogP contribution in [0.5, 0.6) is 0 Å². The fraction of sp³-hybridized carbons (Fsp3) is 0.462. The van der Waals surface area contributed by atoms with Crippen molar-refractivity contribution in [2.24, 2.45) is 0 Å². The summed E-state index contributed by atoms with van der Waals surface area (Å²) in [5.74, 6) is 0. The van der Waals surface area contributed by atoms with E-state index in [1.165, 1.54) is 18.4 Å². The minimum Gasteiger partial charge on any atom is -0.308 e. The molecule has 0 bridgehead atoms. The van der Waals surface area contributed by atoms with Crippen LogP contribution in [-0.4, -0.2) is 11.5 Å². The van der Waals surface area contributed by atoms with Gasteiger partial charge in [0.2, 0.25) is 0 Å². The highest BCUT2D eigenvalue weighted by Crippen LogP contribution is 2.01. The molecule has 82 valence electrons. The lowest BCUT2D eigenvalue weighted by molar-refractivity contribution is 0.734. The monoisotopic (exact) mass is 204 g/mol. The number of nitrogens with one attached hydrogen (secondary N) is 1. The van der Waals surface area contributed by atoms with E-state index >= 15 is 0 Å². The van der Waals surface area contributed by atoms with Crippen LogP contribution in [-0.2, 0) is 6.54 Å². The maximum Gasteiger partial charge on any atom is 0.0541 e. The van der Waals surface area contributed by atoms with Crippen molar-refractivity contribution in [3.63, 3.8) is 0 Å². The number of rotatable bonds is 6. The zero-order valence-electron chi connectivity index (χ0n) is 9.66. The van der Waals surface area contributed by atoms with E-state index in [0.717, 1.165) is 18.8 Å². The molecule has 0 aliphatic heterocycles. The van der Waals surface area contributed by atoms with Crippen LogP contribution in [0.3, 0.4) is 0 Å². The lowest BCUT2D eigenvalue weighted by atomic mass is 10.2. The van der Waals surface area contributed by atoms with Crippen LogP contribution >= 0.6 is 0 Å². The molecule has 0 saturated heterocycles. The van der Waals surface area contributed by atoms with Gasteiger partial charge < -0.3 is 5.32 Å². The van der Waals surface area contributed by atoms with E-state index in [2.05, 4.69) is 30.2 Å². The van der Waals surface area contributed by atoms with Crippen molar-refractivity contribution in [2.45, 2.75) is 33.2 Å². The summed E-state index contributed by atoms with van der Waals surface area (Å²) in [6.45, 7) is 6.17. The summed E-state index contributed by atoms with van der Waals surface area (Å²) in [4.78, 5) is 4.25. The van der Waals surface area contributed by atoms with E-state index in [4.69, 9.17) is 0 Å². The Hall–Kier alpha value is -1.15. The zero-order chi connectivity index (χ0) is 10.9. The first-order chi connectivity index (χ1) is 7.33. The van der Waals surface area contributed by atoms with Gasteiger partial charge in [0.1, 0.15) is 0 Å². The van der Waals surface area contributed by atoms with Gasteiger partial charge in [-0.15, -0.1) is 0 Å². The average molecular weight is 204 g/mol. The van der Waals surface area contributed by atoms with E-state index in [9.17, 15) is 0 Å². The summed E-state index contributed by atoms with van der Waals surface area (Å²) in [7, 11) is 0. The highest BCUT2D eigenvalue weighted by molar-refractivity contribution is 5.04. The minimum absolute atomic E-state index is 0.844.